The summed E-state index contributed by atoms with van der Waals surface area (Å²) in [5, 5.41) is 8.08. The molecule has 2 heterocycles. The van der Waals surface area contributed by atoms with Crippen LogP contribution in [0.3, 0.4) is 0 Å². The number of rotatable bonds is 7. The van der Waals surface area contributed by atoms with Gasteiger partial charge in [-0.15, -0.1) is 0 Å². The van der Waals surface area contributed by atoms with Gasteiger partial charge in [0.1, 0.15) is 0 Å². The fourth-order valence-corrected chi connectivity index (χ4v) is 2.87. The second-order valence-electron chi connectivity index (χ2n) is 6.52. The van der Waals surface area contributed by atoms with Gasteiger partial charge in [0.2, 0.25) is 0 Å². The first-order valence-electron chi connectivity index (χ1n) is 8.38. The van der Waals surface area contributed by atoms with E-state index in [1.54, 1.807) is 0 Å². The molecular formula is C19H25N5. The highest BCUT2D eigenvalue weighted by Crippen LogP contribution is 2.17. The third-order valence-electron chi connectivity index (χ3n) is 4.08. The molecule has 0 aliphatic carbocycles. The lowest BCUT2D eigenvalue weighted by atomic mass is 10.1. The number of hydrogen-bond donors (Lipinski definition) is 1. The fraction of sp³-hybridized carbons (Fsp3) is 0.368. The van der Waals surface area contributed by atoms with Crippen LogP contribution in [0.4, 0.5) is 0 Å². The lowest BCUT2D eigenvalue weighted by molar-refractivity contribution is 0.677. The van der Waals surface area contributed by atoms with E-state index in [2.05, 4.69) is 64.3 Å². The summed E-state index contributed by atoms with van der Waals surface area (Å²) in [7, 11) is 1.98. The summed E-state index contributed by atoms with van der Waals surface area (Å²) in [5.41, 5.74) is 5.04. The lowest BCUT2D eigenvalue weighted by Crippen LogP contribution is -2.13. The van der Waals surface area contributed by atoms with Gasteiger partial charge in [-0.2, -0.15) is 5.10 Å². The van der Waals surface area contributed by atoms with Gasteiger partial charge in [-0.05, 0) is 17.0 Å². The zero-order valence-electron chi connectivity index (χ0n) is 14.6. The first kappa shape index (κ1) is 16.5. The number of nitrogens with one attached hydrogen (secondary N) is 1. The molecule has 24 heavy (non-hydrogen) atoms. The molecule has 0 saturated heterocycles. The third-order valence-corrected chi connectivity index (χ3v) is 4.08. The molecule has 3 rings (SSSR count). The Labute approximate surface area is 143 Å². The fourth-order valence-electron chi connectivity index (χ4n) is 2.87. The van der Waals surface area contributed by atoms with Crippen LogP contribution in [-0.4, -0.2) is 19.3 Å². The molecule has 126 valence electrons. The van der Waals surface area contributed by atoms with Gasteiger partial charge < -0.3 is 9.88 Å². The summed E-state index contributed by atoms with van der Waals surface area (Å²) in [6.45, 7) is 6.94. The number of aromatic nitrogens is 4. The Morgan fingerprint density at radius 3 is 2.50 bits per heavy atom. The lowest BCUT2D eigenvalue weighted by Gasteiger charge is -2.08. The Kier molecular flexibility index (Phi) is 5.11. The topological polar surface area (TPSA) is 47.7 Å². The van der Waals surface area contributed by atoms with Crippen molar-refractivity contribution in [3.8, 4) is 0 Å². The highest BCUT2D eigenvalue weighted by atomic mass is 15.3. The summed E-state index contributed by atoms with van der Waals surface area (Å²) in [6, 6.07) is 8.74. The Morgan fingerprint density at radius 2 is 1.83 bits per heavy atom. The maximum absolute atomic E-state index is 4.55. The van der Waals surface area contributed by atoms with Gasteiger partial charge in [0, 0.05) is 50.8 Å². The average molecular weight is 323 g/mol. The highest BCUT2D eigenvalue weighted by Gasteiger charge is 2.10. The minimum atomic E-state index is 0.449. The van der Waals surface area contributed by atoms with Crippen LogP contribution in [0.2, 0.25) is 0 Å². The molecule has 3 aromatic rings. The van der Waals surface area contributed by atoms with Gasteiger partial charge in [-0.3, -0.25) is 4.68 Å². The Bertz CT molecular complexity index is 754. The SMILES string of the molecule is CC(C)c1nn(C)cc1CNCc1ccc(Cn2ccnc2)cc1. The van der Waals surface area contributed by atoms with Gasteiger partial charge in [-0.1, -0.05) is 38.1 Å². The second kappa shape index (κ2) is 7.45. The molecule has 0 fully saturated rings. The van der Waals surface area contributed by atoms with E-state index in [4.69, 9.17) is 0 Å². The van der Waals surface area contributed by atoms with Crippen molar-refractivity contribution in [3.63, 3.8) is 0 Å². The first-order chi connectivity index (χ1) is 11.6. The summed E-state index contributed by atoms with van der Waals surface area (Å²) in [6.07, 6.45) is 7.74. The number of hydrogen-bond acceptors (Lipinski definition) is 3. The number of benzene rings is 1. The third kappa shape index (κ3) is 4.11. The van der Waals surface area contributed by atoms with Crippen LogP contribution in [-0.2, 0) is 26.7 Å². The Balaban J connectivity index is 1.53. The molecule has 0 spiro atoms. The van der Waals surface area contributed by atoms with Crippen molar-refractivity contribution in [2.45, 2.75) is 39.4 Å². The van der Waals surface area contributed by atoms with Gasteiger partial charge in [0.05, 0.1) is 12.0 Å². The largest absolute Gasteiger partial charge is 0.333 e. The quantitative estimate of drug-likeness (QED) is 0.727. The van der Waals surface area contributed by atoms with Crippen molar-refractivity contribution in [3.05, 3.63) is 71.6 Å². The standard InChI is InChI=1S/C19H25N5/c1-15(2)19-18(13-23(3)22-19)11-21-10-16-4-6-17(7-5-16)12-24-9-8-20-14-24/h4-9,13-15,21H,10-12H2,1-3H3. The van der Waals surface area contributed by atoms with E-state index in [0.29, 0.717) is 5.92 Å². The van der Waals surface area contributed by atoms with E-state index >= 15 is 0 Å². The van der Waals surface area contributed by atoms with Crippen LogP contribution in [0.15, 0.2) is 49.2 Å². The first-order valence-corrected chi connectivity index (χ1v) is 8.38. The van der Waals surface area contributed by atoms with E-state index in [1.807, 2.05) is 30.5 Å². The van der Waals surface area contributed by atoms with E-state index in [1.165, 1.54) is 22.4 Å². The van der Waals surface area contributed by atoms with Crippen LogP contribution in [0.25, 0.3) is 0 Å². The molecule has 0 aliphatic rings. The zero-order valence-corrected chi connectivity index (χ0v) is 14.6. The number of nitrogens with zero attached hydrogens (tertiary/aromatic N) is 4. The molecule has 0 radical (unpaired) electrons. The highest BCUT2D eigenvalue weighted by molar-refractivity contribution is 5.23. The Morgan fingerprint density at radius 1 is 1.08 bits per heavy atom. The molecule has 5 heteroatoms. The van der Waals surface area contributed by atoms with E-state index < -0.39 is 0 Å². The maximum atomic E-state index is 4.55. The predicted molar refractivity (Wildman–Crippen MR) is 95.6 cm³/mol. The molecule has 0 amide bonds. The molecular weight excluding hydrogens is 298 g/mol. The van der Waals surface area contributed by atoms with Gasteiger partial charge in [-0.25, -0.2) is 4.98 Å². The molecule has 0 atom stereocenters. The normalized spacial score (nSPS) is 11.3. The van der Waals surface area contributed by atoms with Crippen LogP contribution >= 0.6 is 0 Å². The van der Waals surface area contributed by atoms with Gasteiger partial charge in [0.25, 0.3) is 0 Å². The molecule has 0 aliphatic heterocycles. The van der Waals surface area contributed by atoms with Crippen molar-refractivity contribution < 1.29 is 0 Å². The minimum absolute atomic E-state index is 0.449. The van der Waals surface area contributed by atoms with Gasteiger partial charge >= 0.3 is 0 Å². The second-order valence-corrected chi connectivity index (χ2v) is 6.52. The van der Waals surface area contributed by atoms with Crippen molar-refractivity contribution in [2.75, 3.05) is 0 Å². The van der Waals surface area contributed by atoms with E-state index in [-0.39, 0.29) is 0 Å². The summed E-state index contributed by atoms with van der Waals surface area (Å²) in [4.78, 5) is 4.07. The summed E-state index contributed by atoms with van der Waals surface area (Å²) >= 11 is 0. The smallest absolute Gasteiger partial charge is 0.0949 e. The average Bonchev–Trinajstić information content (AvgIpc) is 3.19. The molecule has 5 nitrogen and oxygen atoms in total. The number of imidazole rings is 1. The monoisotopic (exact) mass is 323 g/mol. The minimum Gasteiger partial charge on any atom is -0.333 e. The molecule has 0 saturated carbocycles. The van der Waals surface area contributed by atoms with Crippen LogP contribution in [0, 0.1) is 0 Å². The van der Waals surface area contributed by atoms with E-state index in [0.717, 1.165) is 19.6 Å². The summed E-state index contributed by atoms with van der Waals surface area (Å²) < 4.78 is 3.97. The maximum Gasteiger partial charge on any atom is 0.0949 e. The molecule has 2 aromatic heterocycles. The van der Waals surface area contributed by atoms with Crippen molar-refractivity contribution in [1.82, 2.24) is 24.6 Å². The van der Waals surface area contributed by atoms with Crippen molar-refractivity contribution in [1.29, 1.82) is 0 Å². The molecule has 1 aromatic carbocycles. The molecule has 0 unspecified atom stereocenters. The van der Waals surface area contributed by atoms with Crippen LogP contribution in [0.1, 0.15) is 42.1 Å². The van der Waals surface area contributed by atoms with E-state index in [9.17, 15) is 0 Å². The number of aryl methyl sites for hydroxylation is 1. The van der Waals surface area contributed by atoms with Crippen molar-refractivity contribution >= 4 is 0 Å². The zero-order chi connectivity index (χ0) is 16.9. The molecule has 1 N–H and O–H groups in total. The van der Waals surface area contributed by atoms with Crippen LogP contribution in [0.5, 0.6) is 0 Å². The van der Waals surface area contributed by atoms with Crippen LogP contribution < -0.4 is 5.32 Å². The van der Waals surface area contributed by atoms with Gasteiger partial charge in [0.15, 0.2) is 0 Å². The molecule has 0 bridgehead atoms. The Hall–Kier alpha value is -2.40. The van der Waals surface area contributed by atoms with Crippen molar-refractivity contribution in [2.24, 2.45) is 7.05 Å². The predicted octanol–water partition coefficient (Wildman–Crippen LogP) is 3.08. The summed E-state index contributed by atoms with van der Waals surface area (Å²) in [5.74, 6) is 0.449.